The lowest BCUT2D eigenvalue weighted by Crippen LogP contribution is -2.52. The van der Waals surface area contributed by atoms with Gasteiger partial charge in [0.05, 0.1) is 5.54 Å². The zero-order valence-electron chi connectivity index (χ0n) is 6.22. The molecular weight excluding hydrogens is 146 g/mol. The van der Waals surface area contributed by atoms with E-state index in [0.29, 0.717) is 0 Å². The second kappa shape index (κ2) is 2.93. The second-order valence-corrected chi connectivity index (χ2v) is 3.97. The Hall–Kier alpha value is -0.0200. The molecule has 0 unspecified atom stereocenters. The fourth-order valence-electron chi connectivity index (χ4n) is 1.04. The Morgan fingerprint density at radius 2 is 2.30 bits per heavy atom. The maximum absolute atomic E-state index is 11.2. The minimum absolute atomic E-state index is 0.182. The molecule has 0 saturated heterocycles. The number of rotatable bonds is 2. The van der Waals surface area contributed by atoms with E-state index in [1.807, 2.05) is 6.92 Å². The van der Waals surface area contributed by atoms with Crippen LogP contribution < -0.4 is 5.73 Å². The lowest BCUT2D eigenvalue weighted by atomic mass is 9.79. The number of hydrogen-bond donors (Lipinski definition) is 1. The molecule has 0 aromatic rings. The van der Waals surface area contributed by atoms with E-state index in [1.165, 1.54) is 11.8 Å². The average molecular weight is 159 g/mol. The Morgan fingerprint density at radius 3 is 2.60 bits per heavy atom. The first-order chi connectivity index (χ1) is 4.69. The molecule has 0 spiro atoms. The largest absolute Gasteiger partial charge is 0.318 e. The van der Waals surface area contributed by atoms with Crippen molar-refractivity contribution in [1.82, 2.24) is 0 Å². The molecule has 0 heterocycles. The van der Waals surface area contributed by atoms with Crippen molar-refractivity contribution in [2.45, 2.75) is 31.7 Å². The Kier molecular flexibility index (Phi) is 2.36. The van der Waals surface area contributed by atoms with Gasteiger partial charge in [-0.15, -0.1) is 0 Å². The van der Waals surface area contributed by atoms with Crippen molar-refractivity contribution >= 4 is 16.9 Å². The standard InChI is InChI=1S/C7H13NOS/c1-2-10-6(9)7(8)4-3-5-7/h2-5,8H2,1H3. The van der Waals surface area contributed by atoms with Gasteiger partial charge >= 0.3 is 0 Å². The van der Waals surface area contributed by atoms with E-state index in [9.17, 15) is 4.79 Å². The average Bonchev–Trinajstić information content (AvgIpc) is 1.83. The van der Waals surface area contributed by atoms with Gasteiger partial charge in [-0.05, 0) is 25.0 Å². The van der Waals surface area contributed by atoms with Crippen molar-refractivity contribution < 1.29 is 4.79 Å². The first kappa shape index (κ1) is 8.08. The summed E-state index contributed by atoms with van der Waals surface area (Å²) in [6.45, 7) is 1.98. The summed E-state index contributed by atoms with van der Waals surface area (Å²) in [6, 6.07) is 0. The monoisotopic (exact) mass is 159 g/mol. The minimum atomic E-state index is -0.444. The van der Waals surface area contributed by atoms with Gasteiger partial charge in [-0.1, -0.05) is 18.7 Å². The van der Waals surface area contributed by atoms with Crippen LogP contribution in [0.4, 0.5) is 0 Å². The van der Waals surface area contributed by atoms with Gasteiger partial charge in [0, 0.05) is 0 Å². The van der Waals surface area contributed by atoms with Crippen LogP contribution in [0, 0.1) is 0 Å². The number of carbonyl (C=O) groups excluding carboxylic acids is 1. The first-order valence-electron chi connectivity index (χ1n) is 3.65. The zero-order valence-corrected chi connectivity index (χ0v) is 7.04. The number of hydrogen-bond acceptors (Lipinski definition) is 3. The Bertz CT molecular complexity index is 143. The Labute approximate surface area is 65.5 Å². The Balaban J connectivity index is 2.39. The normalized spacial score (nSPS) is 21.8. The summed E-state index contributed by atoms with van der Waals surface area (Å²) in [7, 11) is 0. The van der Waals surface area contributed by atoms with Gasteiger partial charge in [0.25, 0.3) is 0 Å². The van der Waals surface area contributed by atoms with Crippen LogP contribution in [-0.4, -0.2) is 16.4 Å². The molecule has 1 saturated carbocycles. The number of thioether (sulfide) groups is 1. The van der Waals surface area contributed by atoms with E-state index >= 15 is 0 Å². The third-order valence-corrected chi connectivity index (χ3v) is 2.89. The molecule has 0 amide bonds. The molecule has 58 valence electrons. The molecule has 0 aliphatic heterocycles. The van der Waals surface area contributed by atoms with Crippen LogP contribution in [-0.2, 0) is 4.79 Å². The quantitative estimate of drug-likeness (QED) is 0.657. The van der Waals surface area contributed by atoms with E-state index in [0.717, 1.165) is 25.0 Å². The maximum atomic E-state index is 11.2. The van der Waals surface area contributed by atoms with Crippen LogP contribution in [0.15, 0.2) is 0 Å². The van der Waals surface area contributed by atoms with Gasteiger partial charge in [-0.25, -0.2) is 0 Å². The van der Waals surface area contributed by atoms with Crippen molar-refractivity contribution in [2.75, 3.05) is 5.75 Å². The molecule has 10 heavy (non-hydrogen) atoms. The topological polar surface area (TPSA) is 43.1 Å². The van der Waals surface area contributed by atoms with Crippen molar-refractivity contribution in [3.8, 4) is 0 Å². The van der Waals surface area contributed by atoms with Gasteiger partial charge in [-0.3, -0.25) is 4.79 Å². The summed E-state index contributed by atoms with van der Waals surface area (Å²) >= 11 is 1.35. The molecule has 1 fully saturated rings. The van der Waals surface area contributed by atoms with E-state index in [2.05, 4.69) is 0 Å². The molecule has 2 N–H and O–H groups in total. The van der Waals surface area contributed by atoms with Crippen molar-refractivity contribution in [3.05, 3.63) is 0 Å². The fourth-order valence-corrected chi connectivity index (χ4v) is 1.79. The number of nitrogens with two attached hydrogens (primary N) is 1. The highest BCUT2D eigenvalue weighted by atomic mass is 32.2. The molecule has 0 radical (unpaired) electrons. The molecule has 0 bridgehead atoms. The fraction of sp³-hybridized carbons (Fsp3) is 0.857. The van der Waals surface area contributed by atoms with Gasteiger partial charge in [0.2, 0.25) is 5.12 Å². The molecule has 1 aliphatic carbocycles. The predicted octanol–water partition coefficient (Wildman–Crippen LogP) is 1.15. The predicted molar refractivity (Wildman–Crippen MR) is 43.9 cm³/mol. The van der Waals surface area contributed by atoms with Gasteiger partial charge < -0.3 is 5.73 Å². The SMILES string of the molecule is CCSC(=O)C1(N)CCC1. The molecule has 0 atom stereocenters. The lowest BCUT2D eigenvalue weighted by Gasteiger charge is -2.35. The molecular formula is C7H13NOS. The summed E-state index contributed by atoms with van der Waals surface area (Å²) in [5.74, 6) is 0.845. The van der Waals surface area contributed by atoms with Crippen LogP contribution in [0.2, 0.25) is 0 Å². The van der Waals surface area contributed by atoms with Crippen molar-refractivity contribution in [3.63, 3.8) is 0 Å². The zero-order chi connectivity index (χ0) is 7.61. The van der Waals surface area contributed by atoms with Crippen molar-refractivity contribution in [1.29, 1.82) is 0 Å². The summed E-state index contributed by atoms with van der Waals surface area (Å²) in [5, 5.41) is 0.182. The van der Waals surface area contributed by atoms with Gasteiger partial charge in [0.1, 0.15) is 0 Å². The lowest BCUT2D eigenvalue weighted by molar-refractivity contribution is -0.118. The summed E-state index contributed by atoms with van der Waals surface area (Å²) in [4.78, 5) is 11.2. The molecule has 0 aromatic carbocycles. The highest BCUT2D eigenvalue weighted by Gasteiger charge is 2.39. The van der Waals surface area contributed by atoms with Crippen LogP contribution in [0.1, 0.15) is 26.2 Å². The highest BCUT2D eigenvalue weighted by molar-refractivity contribution is 8.13. The number of carbonyl (C=O) groups is 1. The summed E-state index contributed by atoms with van der Waals surface area (Å²) < 4.78 is 0. The van der Waals surface area contributed by atoms with E-state index in [-0.39, 0.29) is 5.12 Å². The smallest absolute Gasteiger partial charge is 0.208 e. The summed E-state index contributed by atoms with van der Waals surface area (Å²) in [6.07, 6.45) is 2.89. The van der Waals surface area contributed by atoms with E-state index in [1.54, 1.807) is 0 Å². The third kappa shape index (κ3) is 1.35. The van der Waals surface area contributed by atoms with Gasteiger partial charge in [-0.2, -0.15) is 0 Å². The van der Waals surface area contributed by atoms with Crippen LogP contribution >= 0.6 is 11.8 Å². The van der Waals surface area contributed by atoms with Gasteiger partial charge in [0.15, 0.2) is 0 Å². The van der Waals surface area contributed by atoms with Crippen LogP contribution in [0.5, 0.6) is 0 Å². The maximum Gasteiger partial charge on any atom is 0.208 e. The molecule has 3 heteroatoms. The van der Waals surface area contributed by atoms with Crippen LogP contribution in [0.3, 0.4) is 0 Å². The Morgan fingerprint density at radius 1 is 1.70 bits per heavy atom. The van der Waals surface area contributed by atoms with E-state index < -0.39 is 5.54 Å². The highest BCUT2D eigenvalue weighted by Crippen LogP contribution is 2.33. The van der Waals surface area contributed by atoms with Crippen molar-refractivity contribution in [2.24, 2.45) is 5.73 Å². The summed E-state index contributed by atoms with van der Waals surface area (Å²) in [5.41, 5.74) is 5.32. The molecule has 1 aliphatic rings. The minimum Gasteiger partial charge on any atom is -0.318 e. The first-order valence-corrected chi connectivity index (χ1v) is 4.64. The van der Waals surface area contributed by atoms with E-state index in [4.69, 9.17) is 5.73 Å². The molecule has 0 aromatic heterocycles. The second-order valence-electron chi connectivity index (χ2n) is 2.73. The third-order valence-electron chi connectivity index (χ3n) is 1.93. The molecule has 2 nitrogen and oxygen atoms in total. The van der Waals surface area contributed by atoms with Crippen LogP contribution in [0.25, 0.3) is 0 Å². The molecule has 1 rings (SSSR count).